The molecular weight excluding hydrogens is 310 g/mol. The first-order valence-corrected chi connectivity index (χ1v) is 7.88. The Bertz CT molecular complexity index is 638. The molecule has 2 aromatic rings. The third kappa shape index (κ3) is 3.91. The molecule has 1 aromatic carbocycles. The first kappa shape index (κ1) is 17.9. The van der Waals surface area contributed by atoms with Crippen LogP contribution >= 0.6 is 12.4 Å². The molecule has 0 bridgehead atoms. The van der Waals surface area contributed by atoms with Crippen LogP contribution < -0.4 is 5.73 Å². The predicted molar refractivity (Wildman–Crippen MR) is 95.0 cm³/mol. The van der Waals surface area contributed by atoms with Gasteiger partial charge in [-0.3, -0.25) is 4.90 Å². The molecule has 2 N–H and O–H groups in total. The second-order valence-corrected chi connectivity index (χ2v) is 7.06. The van der Waals surface area contributed by atoms with Crippen LogP contribution in [0.4, 0.5) is 0 Å². The maximum atomic E-state index is 6.22. The van der Waals surface area contributed by atoms with E-state index in [2.05, 4.69) is 54.0 Å². The summed E-state index contributed by atoms with van der Waals surface area (Å²) < 4.78 is 1.81. The molecule has 1 atom stereocenters. The highest BCUT2D eigenvalue weighted by Crippen LogP contribution is 2.28. The molecular formula is C17H26ClN5. The minimum atomic E-state index is 0. The lowest BCUT2D eigenvalue weighted by Gasteiger charge is -2.42. The van der Waals surface area contributed by atoms with Gasteiger partial charge in [0, 0.05) is 25.7 Å². The minimum absolute atomic E-state index is 0. The lowest BCUT2D eigenvalue weighted by atomic mass is 9.79. The summed E-state index contributed by atoms with van der Waals surface area (Å²) in [6.07, 6.45) is 4.37. The Kier molecular flexibility index (Phi) is 5.45. The minimum Gasteiger partial charge on any atom is -0.327 e. The summed E-state index contributed by atoms with van der Waals surface area (Å²) in [5, 5.41) is 4.20. The van der Waals surface area contributed by atoms with Gasteiger partial charge in [0.1, 0.15) is 12.7 Å². The van der Waals surface area contributed by atoms with E-state index in [1.165, 1.54) is 11.1 Å². The number of nitrogens with two attached hydrogens (primary N) is 1. The summed E-state index contributed by atoms with van der Waals surface area (Å²) in [5.41, 5.74) is 10.1. The third-order valence-electron chi connectivity index (χ3n) is 4.72. The number of piperidine rings is 1. The van der Waals surface area contributed by atoms with Crippen LogP contribution in [0.25, 0.3) is 5.69 Å². The third-order valence-corrected chi connectivity index (χ3v) is 4.72. The van der Waals surface area contributed by atoms with E-state index in [1.807, 2.05) is 4.68 Å². The Hall–Kier alpha value is -1.43. The van der Waals surface area contributed by atoms with Gasteiger partial charge in [0.2, 0.25) is 0 Å². The Morgan fingerprint density at radius 2 is 2.13 bits per heavy atom. The first-order chi connectivity index (χ1) is 10.5. The molecule has 0 aliphatic carbocycles. The summed E-state index contributed by atoms with van der Waals surface area (Å²) in [5.74, 6) is 0. The van der Waals surface area contributed by atoms with Gasteiger partial charge in [0.15, 0.2) is 0 Å². The predicted octanol–water partition coefficient (Wildman–Crippen LogP) is 2.56. The first-order valence-electron chi connectivity index (χ1n) is 7.88. The average Bonchev–Trinajstić information content (AvgIpc) is 2.97. The number of aryl methyl sites for hydroxylation is 1. The van der Waals surface area contributed by atoms with Crippen molar-refractivity contribution in [3.05, 3.63) is 42.0 Å². The smallest absolute Gasteiger partial charge is 0.138 e. The molecule has 1 aliphatic heterocycles. The fourth-order valence-corrected chi connectivity index (χ4v) is 3.28. The van der Waals surface area contributed by atoms with Crippen LogP contribution in [0.2, 0.25) is 0 Å². The van der Waals surface area contributed by atoms with Crippen LogP contribution in [-0.2, 0) is 6.54 Å². The lowest BCUT2D eigenvalue weighted by Crippen LogP contribution is -2.52. The number of nitrogens with zero attached hydrogens (tertiary/aromatic N) is 4. The van der Waals surface area contributed by atoms with E-state index in [9.17, 15) is 0 Å². The zero-order valence-corrected chi connectivity index (χ0v) is 14.9. The molecule has 0 spiro atoms. The van der Waals surface area contributed by atoms with Crippen LogP contribution in [0.5, 0.6) is 0 Å². The molecule has 2 heterocycles. The summed E-state index contributed by atoms with van der Waals surface area (Å²) in [4.78, 5) is 6.52. The standard InChI is InChI=1S/C17H25N5.ClH/c1-13-8-14(4-5-15(13)22-12-19-11-20-22)9-21-7-6-16(18)17(2,3)10-21;/h4-5,8,11-12,16H,6-7,9-10,18H2,1-3H3;1H. The monoisotopic (exact) mass is 335 g/mol. The van der Waals surface area contributed by atoms with Crippen molar-refractivity contribution < 1.29 is 0 Å². The second-order valence-electron chi connectivity index (χ2n) is 7.06. The molecule has 23 heavy (non-hydrogen) atoms. The molecule has 1 fully saturated rings. The molecule has 5 nitrogen and oxygen atoms in total. The molecule has 1 aliphatic rings. The largest absolute Gasteiger partial charge is 0.327 e. The lowest BCUT2D eigenvalue weighted by molar-refractivity contribution is 0.0899. The quantitative estimate of drug-likeness (QED) is 0.936. The van der Waals surface area contributed by atoms with Crippen molar-refractivity contribution in [2.45, 2.75) is 39.8 Å². The number of halogens is 1. The van der Waals surface area contributed by atoms with Crippen LogP contribution in [0.1, 0.15) is 31.4 Å². The fourth-order valence-electron chi connectivity index (χ4n) is 3.28. The molecule has 6 heteroatoms. The summed E-state index contributed by atoms with van der Waals surface area (Å²) in [7, 11) is 0. The van der Waals surface area contributed by atoms with E-state index in [4.69, 9.17) is 5.73 Å². The van der Waals surface area contributed by atoms with Crippen molar-refractivity contribution in [1.82, 2.24) is 19.7 Å². The molecule has 1 aromatic heterocycles. The van der Waals surface area contributed by atoms with E-state index in [0.717, 1.165) is 31.7 Å². The number of likely N-dealkylation sites (tertiary alicyclic amines) is 1. The molecule has 1 unspecified atom stereocenters. The van der Waals surface area contributed by atoms with Crippen LogP contribution in [0.3, 0.4) is 0 Å². The average molecular weight is 336 g/mol. The SMILES string of the molecule is Cc1cc(CN2CCC(N)C(C)(C)C2)ccc1-n1cncn1.Cl. The van der Waals surface area contributed by atoms with Gasteiger partial charge in [-0.15, -0.1) is 12.4 Å². The molecule has 3 rings (SSSR count). The second kappa shape index (κ2) is 6.99. The van der Waals surface area contributed by atoms with Crippen LogP contribution in [-0.4, -0.2) is 38.8 Å². The van der Waals surface area contributed by atoms with Gasteiger partial charge in [-0.05, 0) is 36.0 Å². The molecule has 0 radical (unpaired) electrons. The summed E-state index contributed by atoms with van der Waals surface area (Å²) >= 11 is 0. The van der Waals surface area contributed by atoms with E-state index in [0.29, 0.717) is 6.04 Å². The van der Waals surface area contributed by atoms with Crippen LogP contribution in [0.15, 0.2) is 30.9 Å². The molecule has 0 amide bonds. The highest BCUT2D eigenvalue weighted by Gasteiger charge is 2.33. The van der Waals surface area contributed by atoms with Gasteiger partial charge in [-0.25, -0.2) is 9.67 Å². The number of rotatable bonds is 3. The maximum Gasteiger partial charge on any atom is 0.138 e. The van der Waals surface area contributed by atoms with Gasteiger partial charge < -0.3 is 5.73 Å². The van der Waals surface area contributed by atoms with Gasteiger partial charge in [-0.1, -0.05) is 26.0 Å². The Labute approximate surface area is 144 Å². The van der Waals surface area contributed by atoms with Gasteiger partial charge >= 0.3 is 0 Å². The van der Waals surface area contributed by atoms with Crippen molar-refractivity contribution in [3.63, 3.8) is 0 Å². The van der Waals surface area contributed by atoms with Crippen molar-refractivity contribution in [2.75, 3.05) is 13.1 Å². The maximum absolute atomic E-state index is 6.22. The summed E-state index contributed by atoms with van der Waals surface area (Å²) in [6.45, 7) is 9.77. The van der Waals surface area contributed by atoms with Crippen LogP contribution in [0, 0.1) is 12.3 Å². The highest BCUT2D eigenvalue weighted by molar-refractivity contribution is 5.85. The Morgan fingerprint density at radius 1 is 1.35 bits per heavy atom. The highest BCUT2D eigenvalue weighted by atomic mass is 35.5. The van der Waals surface area contributed by atoms with Gasteiger partial charge in [0.25, 0.3) is 0 Å². The molecule has 1 saturated heterocycles. The number of hydrogen-bond donors (Lipinski definition) is 1. The number of aromatic nitrogens is 3. The van der Waals surface area contributed by atoms with E-state index in [1.54, 1.807) is 12.7 Å². The van der Waals surface area contributed by atoms with E-state index >= 15 is 0 Å². The van der Waals surface area contributed by atoms with Crippen molar-refractivity contribution >= 4 is 12.4 Å². The van der Waals surface area contributed by atoms with E-state index < -0.39 is 0 Å². The Balaban J connectivity index is 0.00000192. The number of benzene rings is 1. The van der Waals surface area contributed by atoms with Crippen molar-refractivity contribution in [2.24, 2.45) is 11.1 Å². The van der Waals surface area contributed by atoms with Crippen molar-refractivity contribution in [3.8, 4) is 5.69 Å². The van der Waals surface area contributed by atoms with Gasteiger partial charge in [0.05, 0.1) is 5.69 Å². The molecule has 0 saturated carbocycles. The number of hydrogen-bond acceptors (Lipinski definition) is 4. The normalized spacial score (nSPS) is 21.0. The van der Waals surface area contributed by atoms with Crippen molar-refractivity contribution in [1.29, 1.82) is 0 Å². The van der Waals surface area contributed by atoms with Gasteiger partial charge in [-0.2, -0.15) is 5.10 Å². The zero-order chi connectivity index (χ0) is 15.7. The van der Waals surface area contributed by atoms with E-state index in [-0.39, 0.29) is 17.8 Å². The zero-order valence-electron chi connectivity index (χ0n) is 14.1. The topological polar surface area (TPSA) is 60.0 Å². The Morgan fingerprint density at radius 3 is 2.74 bits per heavy atom. The molecule has 126 valence electrons. The summed E-state index contributed by atoms with van der Waals surface area (Å²) in [6, 6.07) is 6.87. The fraction of sp³-hybridized carbons (Fsp3) is 0.529.